The fourth-order valence-corrected chi connectivity index (χ4v) is 1.45. The Morgan fingerprint density at radius 3 is 2.84 bits per heavy atom. The van der Waals surface area contributed by atoms with Crippen molar-refractivity contribution in [3.05, 3.63) is 17.5 Å². The highest BCUT2D eigenvalue weighted by Crippen LogP contribution is 2.05. The van der Waals surface area contributed by atoms with Gasteiger partial charge in [-0.25, -0.2) is 14.8 Å². The summed E-state index contributed by atoms with van der Waals surface area (Å²) in [7, 11) is 0. The summed E-state index contributed by atoms with van der Waals surface area (Å²) in [6.45, 7) is 8.02. The number of carbonyl (C=O) groups is 1. The van der Waals surface area contributed by atoms with E-state index in [1.54, 1.807) is 6.92 Å². The van der Waals surface area contributed by atoms with Gasteiger partial charge in [0, 0.05) is 25.5 Å². The Morgan fingerprint density at radius 2 is 2.21 bits per heavy atom. The molecular weight excluding hydrogens is 246 g/mol. The predicted octanol–water partition coefficient (Wildman–Crippen LogP) is 1.96. The van der Waals surface area contributed by atoms with Gasteiger partial charge in [-0.1, -0.05) is 13.8 Å². The molecule has 6 heteroatoms. The quantitative estimate of drug-likeness (QED) is 0.700. The fourth-order valence-electron chi connectivity index (χ4n) is 1.45. The van der Waals surface area contributed by atoms with E-state index in [1.165, 1.54) is 6.07 Å². The van der Waals surface area contributed by atoms with Gasteiger partial charge in [0.25, 0.3) is 0 Å². The average molecular weight is 267 g/mol. The van der Waals surface area contributed by atoms with Crippen molar-refractivity contribution in [1.29, 1.82) is 0 Å². The molecule has 0 spiro atoms. The largest absolute Gasteiger partial charge is 0.477 e. The Bertz CT molecular complexity index is 422. The Kier molecular flexibility index (Phi) is 6.21. The van der Waals surface area contributed by atoms with E-state index in [2.05, 4.69) is 29.1 Å². The number of nitrogens with zero attached hydrogens (tertiary/aromatic N) is 2. The van der Waals surface area contributed by atoms with Crippen LogP contribution in [0.2, 0.25) is 0 Å². The van der Waals surface area contributed by atoms with Crippen LogP contribution in [-0.2, 0) is 4.74 Å². The van der Waals surface area contributed by atoms with Crippen molar-refractivity contribution in [3.63, 3.8) is 0 Å². The molecule has 19 heavy (non-hydrogen) atoms. The number of anilines is 1. The number of hydrogen-bond donors (Lipinski definition) is 2. The van der Waals surface area contributed by atoms with Crippen LogP contribution in [0.15, 0.2) is 6.07 Å². The number of hydrogen-bond acceptors (Lipinski definition) is 5. The van der Waals surface area contributed by atoms with Gasteiger partial charge in [0.15, 0.2) is 5.69 Å². The molecule has 0 atom stereocenters. The molecule has 0 saturated heterocycles. The second kappa shape index (κ2) is 7.68. The van der Waals surface area contributed by atoms with E-state index in [0.29, 0.717) is 30.7 Å². The maximum atomic E-state index is 10.8. The van der Waals surface area contributed by atoms with Crippen LogP contribution >= 0.6 is 0 Å². The van der Waals surface area contributed by atoms with Crippen LogP contribution < -0.4 is 5.32 Å². The molecule has 0 fully saturated rings. The summed E-state index contributed by atoms with van der Waals surface area (Å²) in [6.07, 6.45) is 0.826. The van der Waals surface area contributed by atoms with Gasteiger partial charge in [0.1, 0.15) is 0 Å². The Hall–Kier alpha value is -1.69. The first-order valence-electron chi connectivity index (χ1n) is 6.39. The van der Waals surface area contributed by atoms with E-state index >= 15 is 0 Å². The number of carboxylic acid groups (broad SMARTS) is 1. The minimum absolute atomic E-state index is 0.00561. The molecule has 0 radical (unpaired) electrons. The van der Waals surface area contributed by atoms with Crippen molar-refractivity contribution in [1.82, 2.24) is 9.97 Å². The molecule has 0 aromatic carbocycles. The standard InChI is InChI=1S/C13H21N3O3/c1-9(2)8-19-6-4-5-14-13-15-10(3)7-11(16-13)12(17)18/h7,9H,4-6,8H2,1-3H3,(H,17,18)(H,14,15,16). The summed E-state index contributed by atoms with van der Waals surface area (Å²) in [5, 5.41) is 11.9. The molecule has 0 aliphatic rings. The van der Waals surface area contributed by atoms with Crippen LogP contribution in [0.25, 0.3) is 0 Å². The van der Waals surface area contributed by atoms with Crippen molar-refractivity contribution in [2.45, 2.75) is 27.2 Å². The summed E-state index contributed by atoms with van der Waals surface area (Å²) in [5.41, 5.74) is 0.636. The van der Waals surface area contributed by atoms with Crippen LogP contribution in [0.5, 0.6) is 0 Å². The first kappa shape index (κ1) is 15.4. The Balaban J connectivity index is 2.35. The average Bonchev–Trinajstić information content (AvgIpc) is 2.32. The number of nitrogens with one attached hydrogen (secondary N) is 1. The third-order valence-corrected chi connectivity index (χ3v) is 2.27. The van der Waals surface area contributed by atoms with Crippen molar-refractivity contribution >= 4 is 11.9 Å². The topological polar surface area (TPSA) is 84.3 Å². The molecule has 106 valence electrons. The lowest BCUT2D eigenvalue weighted by molar-refractivity contribution is 0.0690. The van der Waals surface area contributed by atoms with Gasteiger partial charge < -0.3 is 15.2 Å². The van der Waals surface area contributed by atoms with Crippen molar-refractivity contribution < 1.29 is 14.6 Å². The molecule has 0 aliphatic carbocycles. The van der Waals surface area contributed by atoms with E-state index < -0.39 is 5.97 Å². The minimum atomic E-state index is -1.05. The smallest absolute Gasteiger partial charge is 0.354 e. The minimum Gasteiger partial charge on any atom is -0.477 e. The summed E-state index contributed by atoms with van der Waals surface area (Å²) < 4.78 is 5.44. The van der Waals surface area contributed by atoms with E-state index in [1.807, 2.05) is 0 Å². The first-order chi connectivity index (χ1) is 8.99. The summed E-state index contributed by atoms with van der Waals surface area (Å²) in [5.74, 6) is -0.165. The van der Waals surface area contributed by atoms with Crippen LogP contribution in [0.3, 0.4) is 0 Å². The SMILES string of the molecule is Cc1cc(C(=O)O)nc(NCCCOCC(C)C)n1. The van der Waals surface area contributed by atoms with Crippen LogP contribution in [0.1, 0.15) is 36.5 Å². The van der Waals surface area contributed by atoms with Gasteiger partial charge in [0.2, 0.25) is 5.95 Å². The maximum absolute atomic E-state index is 10.8. The van der Waals surface area contributed by atoms with Gasteiger partial charge in [-0.05, 0) is 25.3 Å². The van der Waals surface area contributed by atoms with E-state index in [-0.39, 0.29) is 5.69 Å². The van der Waals surface area contributed by atoms with E-state index in [4.69, 9.17) is 9.84 Å². The third-order valence-electron chi connectivity index (χ3n) is 2.27. The molecule has 2 N–H and O–H groups in total. The van der Waals surface area contributed by atoms with Crippen LogP contribution in [0.4, 0.5) is 5.95 Å². The highest BCUT2D eigenvalue weighted by atomic mass is 16.5. The molecule has 1 aromatic rings. The van der Waals surface area contributed by atoms with Gasteiger partial charge in [0.05, 0.1) is 0 Å². The molecule has 0 amide bonds. The van der Waals surface area contributed by atoms with Crippen molar-refractivity contribution in [3.8, 4) is 0 Å². The summed E-state index contributed by atoms with van der Waals surface area (Å²) in [4.78, 5) is 18.9. The van der Waals surface area contributed by atoms with Crippen LogP contribution in [0, 0.1) is 12.8 Å². The molecule has 1 aromatic heterocycles. The van der Waals surface area contributed by atoms with Crippen molar-refractivity contribution in [2.75, 3.05) is 25.1 Å². The number of ether oxygens (including phenoxy) is 1. The van der Waals surface area contributed by atoms with Gasteiger partial charge >= 0.3 is 5.97 Å². The summed E-state index contributed by atoms with van der Waals surface area (Å²) >= 11 is 0. The lowest BCUT2D eigenvalue weighted by Crippen LogP contribution is -2.12. The zero-order valence-corrected chi connectivity index (χ0v) is 11.6. The Morgan fingerprint density at radius 1 is 1.47 bits per heavy atom. The molecule has 0 unspecified atom stereocenters. The van der Waals surface area contributed by atoms with Gasteiger partial charge in [-0.3, -0.25) is 0 Å². The highest BCUT2D eigenvalue weighted by Gasteiger charge is 2.08. The highest BCUT2D eigenvalue weighted by molar-refractivity contribution is 5.85. The monoisotopic (exact) mass is 267 g/mol. The normalized spacial score (nSPS) is 10.7. The molecule has 0 saturated carbocycles. The van der Waals surface area contributed by atoms with Crippen LogP contribution in [-0.4, -0.2) is 40.8 Å². The zero-order chi connectivity index (χ0) is 14.3. The molecule has 0 aliphatic heterocycles. The molecular formula is C13H21N3O3. The molecule has 1 rings (SSSR count). The lowest BCUT2D eigenvalue weighted by atomic mass is 10.2. The number of aromatic nitrogens is 2. The van der Waals surface area contributed by atoms with Gasteiger partial charge in [-0.15, -0.1) is 0 Å². The Labute approximate surface area is 113 Å². The van der Waals surface area contributed by atoms with Crippen molar-refractivity contribution in [2.24, 2.45) is 5.92 Å². The fraction of sp³-hybridized carbons (Fsp3) is 0.615. The van der Waals surface area contributed by atoms with E-state index in [9.17, 15) is 4.79 Å². The maximum Gasteiger partial charge on any atom is 0.354 e. The molecule has 6 nitrogen and oxygen atoms in total. The predicted molar refractivity (Wildman–Crippen MR) is 72.5 cm³/mol. The van der Waals surface area contributed by atoms with Gasteiger partial charge in [-0.2, -0.15) is 0 Å². The zero-order valence-electron chi connectivity index (χ0n) is 11.6. The molecule has 0 bridgehead atoms. The second-order valence-electron chi connectivity index (χ2n) is 4.77. The van der Waals surface area contributed by atoms with E-state index in [0.717, 1.165) is 13.0 Å². The number of rotatable bonds is 8. The molecule has 1 heterocycles. The number of aryl methyl sites for hydroxylation is 1. The summed E-state index contributed by atoms with van der Waals surface area (Å²) in [6, 6.07) is 1.44. The second-order valence-corrected chi connectivity index (χ2v) is 4.77. The number of carboxylic acids is 1. The first-order valence-corrected chi connectivity index (χ1v) is 6.39. The lowest BCUT2D eigenvalue weighted by Gasteiger charge is -2.08. The third kappa shape index (κ3) is 6.15. The number of aromatic carboxylic acids is 1.